The van der Waals surface area contributed by atoms with Crippen molar-refractivity contribution in [3.63, 3.8) is 0 Å². The molecule has 0 fully saturated rings. The zero-order valence-corrected chi connectivity index (χ0v) is 11.1. The van der Waals surface area contributed by atoms with Crippen LogP contribution >= 0.6 is 15.9 Å². The van der Waals surface area contributed by atoms with Crippen molar-refractivity contribution < 1.29 is 8.81 Å². The zero-order valence-electron chi connectivity index (χ0n) is 9.49. The Morgan fingerprint density at radius 1 is 1.29 bits per heavy atom. The molecular weight excluding hydrogens is 285 g/mol. The summed E-state index contributed by atoms with van der Waals surface area (Å²) >= 11 is 3.29. The van der Waals surface area contributed by atoms with Crippen molar-refractivity contribution in [2.75, 3.05) is 7.05 Å². The molecule has 0 bridgehead atoms. The quantitative estimate of drug-likeness (QED) is 0.853. The average Bonchev–Trinajstić information content (AvgIpc) is 2.67. The first-order valence-electron chi connectivity index (χ1n) is 5.29. The van der Waals surface area contributed by atoms with Gasteiger partial charge in [-0.25, -0.2) is 4.39 Å². The molecule has 1 heterocycles. The molecule has 0 atom stereocenters. The monoisotopic (exact) mass is 297 g/mol. The minimum absolute atomic E-state index is 0.222. The van der Waals surface area contributed by atoms with E-state index in [0.717, 1.165) is 15.8 Å². The van der Waals surface area contributed by atoms with E-state index in [0.29, 0.717) is 13.1 Å². The first kappa shape index (κ1) is 12.3. The third-order valence-electron chi connectivity index (χ3n) is 2.38. The van der Waals surface area contributed by atoms with E-state index in [2.05, 4.69) is 20.8 Å². The Kier molecular flexibility index (Phi) is 3.97. The van der Waals surface area contributed by atoms with Crippen LogP contribution in [-0.4, -0.2) is 11.9 Å². The van der Waals surface area contributed by atoms with Gasteiger partial charge in [0.1, 0.15) is 11.6 Å². The maximum absolute atomic E-state index is 13.2. The summed E-state index contributed by atoms with van der Waals surface area (Å²) in [6.07, 6.45) is 1.65. The van der Waals surface area contributed by atoms with Crippen LogP contribution in [0.2, 0.25) is 0 Å². The number of hydrogen-bond acceptors (Lipinski definition) is 2. The van der Waals surface area contributed by atoms with E-state index in [-0.39, 0.29) is 5.82 Å². The fourth-order valence-corrected chi connectivity index (χ4v) is 2.25. The van der Waals surface area contributed by atoms with E-state index < -0.39 is 0 Å². The number of hydrogen-bond donors (Lipinski definition) is 0. The number of benzene rings is 1. The molecule has 0 unspecified atom stereocenters. The van der Waals surface area contributed by atoms with Crippen LogP contribution < -0.4 is 0 Å². The smallest absolute Gasteiger partial charge is 0.124 e. The van der Waals surface area contributed by atoms with Gasteiger partial charge in [-0.05, 0) is 42.9 Å². The number of rotatable bonds is 4. The van der Waals surface area contributed by atoms with Gasteiger partial charge in [-0.1, -0.05) is 15.9 Å². The van der Waals surface area contributed by atoms with E-state index >= 15 is 0 Å². The van der Waals surface area contributed by atoms with Crippen LogP contribution in [0.3, 0.4) is 0 Å². The first-order chi connectivity index (χ1) is 8.13. The molecule has 2 aromatic rings. The fourth-order valence-electron chi connectivity index (χ4n) is 1.74. The second-order valence-electron chi connectivity index (χ2n) is 4.03. The molecule has 0 saturated carbocycles. The maximum Gasteiger partial charge on any atom is 0.124 e. The fraction of sp³-hybridized carbons (Fsp3) is 0.231. The van der Waals surface area contributed by atoms with Crippen LogP contribution in [0, 0.1) is 5.82 Å². The van der Waals surface area contributed by atoms with Crippen LogP contribution in [0.1, 0.15) is 11.3 Å². The van der Waals surface area contributed by atoms with Gasteiger partial charge in [0.05, 0.1) is 12.8 Å². The highest BCUT2D eigenvalue weighted by atomic mass is 79.9. The van der Waals surface area contributed by atoms with Crippen LogP contribution in [-0.2, 0) is 13.1 Å². The van der Waals surface area contributed by atoms with Crippen molar-refractivity contribution in [3.8, 4) is 0 Å². The lowest BCUT2D eigenvalue weighted by atomic mass is 10.2. The zero-order chi connectivity index (χ0) is 12.3. The Morgan fingerprint density at radius 2 is 2.12 bits per heavy atom. The minimum atomic E-state index is -0.222. The molecule has 0 amide bonds. The van der Waals surface area contributed by atoms with Crippen LogP contribution in [0.15, 0.2) is 45.5 Å². The van der Waals surface area contributed by atoms with Crippen molar-refractivity contribution in [1.29, 1.82) is 0 Å². The van der Waals surface area contributed by atoms with E-state index in [1.165, 1.54) is 6.07 Å². The summed E-state index contributed by atoms with van der Waals surface area (Å²) in [6.45, 7) is 1.39. The van der Waals surface area contributed by atoms with E-state index in [9.17, 15) is 4.39 Å². The van der Waals surface area contributed by atoms with Crippen LogP contribution in [0.25, 0.3) is 0 Å². The van der Waals surface area contributed by atoms with Gasteiger partial charge in [0.25, 0.3) is 0 Å². The normalized spacial score (nSPS) is 11.1. The van der Waals surface area contributed by atoms with Crippen molar-refractivity contribution in [2.45, 2.75) is 13.1 Å². The summed E-state index contributed by atoms with van der Waals surface area (Å²) in [7, 11) is 1.97. The lowest BCUT2D eigenvalue weighted by molar-refractivity contribution is 0.287. The molecule has 0 saturated heterocycles. The third kappa shape index (κ3) is 3.68. The molecule has 0 spiro atoms. The van der Waals surface area contributed by atoms with Gasteiger partial charge in [0.2, 0.25) is 0 Å². The Bertz CT molecular complexity index is 464. The molecule has 17 heavy (non-hydrogen) atoms. The standard InChI is InChI=1S/C13H13BrFNO/c1-16(9-13-3-2-4-17-13)8-10-5-11(14)7-12(15)6-10/h2-7H,8-9H2,1H3. The Labute approximate surface area is 108 Å². The van der Waals surface area contributed by atoms with Gasteiger partial charge in [-0.15, -0.1) is 0 Å². The summed E-state index contributed by atoms with van der Waals surface area (Å²) in [4.78, 5) is 2.07. The average molecular weight is 298 g/mol. The minimum Gasteiger partial charge on any atom is -0.468 e. The van der Waals surface area contributed by atoms with E-state index in [1.807, 2.05) is 25.2 Å². The highest BCUT2D eigenvalue weighted by Gasteiger charge is 2.05. The molecule has 1 aromatic carbocycles. The van der Waals surface area contributed by atoms with Gasteiger partial charge in [-0.3, -0.25) is 4.90 Å². The van der Waals surface area contributed by atoms with Crippen molar-refractivity contribution in [2.24, 2.45) is 0 Å². The van der Waals surface area contributed by atoms with Crippen LogP contribution in [0.5, 0.6) is 0 Å². The Morgan fingerprint density at radius 3 is 2.76 bits per heavy atom. The molecule has 90 valence electrons. The topological polar surface area (TPSA) is 16.4 Å². The Balaban J connectivity index is 2.00. The van der Waals surface area contributed by atoms with Gasteiger partial charge in [0.15, 0.2) is 0 Å². The van der Waals surface area contributed by atoms with Gasteiger partial charge in [0, 0.05) is 11.0 Å². The molecular formula is C13H13BrFNO. The third-order valence-corrected chi connectivity index (χ3v) is 2.84. The number of nitrogens with zero attached hydrogens (tertiary/aromatic N) is 1. The predicted molar refractivity (Wildman–Crippen MR) is 68.0 cm³/mol. The molecule has 0 aliphatic rings. The molecule has 1 aromatic heterocycles. The van der Waals surface area contributed by atoms with Gasteiger partial charge >= 0.3 is 0 Å². The highest BCUT2D eigenvalue weighted by molar-refractivity contribution is 9.10. The number of halogens is 2. The Hall–Kier alpha value is -1.13. The summed E-state index contributed by atoms with van der Waals surface area (Å²) in [5, 5.41) is 0. The molecule has 2 rings (SSSR count). The lowest BCUT2D eigenvalue weighted by Crippen LogP contribution is -2.16. The number of furan rings is 1. The molecule has 0 aliphatic heterocycles. The first-order valence-corrected chi connectivity index (χ1v) is 6.08. The molecule has 0 radical (unpaired) electrons. The summed E-state index contributed by atoms with van der Waals surface area (Å²) in [5.74, 6) is 0.684. The lowest BCUT2D eigenvalue weighted by Gasteiger charge is -2.15. The summed E-state index contributed by atoms with van der Waals surface area (Å²) in [6, 6.07) is 8.71. The SMILES string of the molecule is CN(Cc1cc(F)cc(Br)c1)Cc1ccco1. The predicted octanol–water partition coefficient (Wildman–Crippen LogP) is 3.81. The van der Waals surface area contributed by atoms with Gasteiger partial charge < -0.3 is 4.42 Å². The van der Waals surface area contributed by atoms with Crippen LogP contribution in [0.4, 0.5) is 4.39 Å². The molecule has 2 nitrogen and oxygen atoms in total. The molecule has 0 N–H and O–H groups in total. The second-order valence-corrected chi connectivity index (χ2v) is 4.95. The van der Waals surface area contributed by atoms with E-state index in [1.54, 1.807) is 12.3 Å². The van der Waals surface area contributed by atoms with E-state index in [4.69, 9.17) is 4.42 Å². The maximum atomic E-state index is 13.2. The summed E-state index contributed by atoms with van der Waals surface area (Å²) < 4.78 is 19.2. The largest absolute Gasteiger partial charge is 0.468 e. The van der Waals surface area contributed by atoms with Gasteiger partial charge in [-0.2, -0.15) is 0 Å². The molecule has 4 heteroatoms. The van der Waals surface area contributed by atoms with Crippen molar-refractivity contribution >= 4 is 15.9 Å². The highest BCUT2D eigenvalue weighted by Crippen LogP contribution is 2.16. The summed E-state index contributed by atoms with van der Waals surface area (Å²) in [5.41, 5.74) is 0.936. The van der Waals surface area contributed by atoms with Crippen molar-refractivity contribution in [3.05, 3.63) is 58.2 Å². The second kappa shape index (κ2) is 5.47. The van der Waals surface area contributed by atoms with Crippen molar-refractivity contribution in [1.82, 2.24) is 4.90 Å². The molecule has 0 aliphatic carbocycles.